The van der Waals surface area contributed by atoms with Gasteiger partial charge in [-0.25, -0.2) is 9.82 Å². The number of methoxy groups -OCH3 is 1. The minimum Gasteiger partial charge on any atom is -0.493 e. The normalized spacial score (nSPS) is 15.5. The molecule has 0 bridgehead atoms. The Hall–Kier alpha value is -3.72. The van der Waals surface area contributed by atoms with Crippen LogP contribution in [0.25, 0.3) is 0 Å². The van der Waals surface area contributed by atoms with Gasteiger partial charge >= 0.3 is 0 Å². The minimum absolute atomic E-state index is 0.0996. The van der Waals surface area contributed by atoms with Gasteiger partial charge in [0.05, 0.1) is 19.2 Å². The highest BCUT2D eigenvalue weighted by molar-refractivity contribution is 9.10. The topological polar surface area (TPSA) is 80.2 Å². The molecule has 1 atom stereocenters. The monoisotopic (exact) mass is 539 g/mol. The standard InChI is InChI=1S/C26H23BrFN3O4/c1-34-24-12-18(4-11-23(24)35-16-17-2-7-21(28)8-3-17)14-29-30-26(33)19-13-25(32)31(15-19)22-9-5-20(27)6-10-22/h2-12,14,19H,13,15-16H2,1H3,(H,30,33)/b29-14-/t19-/m0/s1. The molecule has 1 heterocycles. The molecule has 3 aromatic carbocycles. The van der Waals surface area contributed by atoms with E-state index in [0.29, 0.717) is 23.6 Å². The summed E-state index contributed by atoms with van der Waals surface area (Å²) in [5.74, 6) is -0.189. The molecule has 0 unspecified atom stereocenters. The van der Waals surface area contributed by atoms with Crippen LogP contribution in [0.4, 0.5) is 10.1 Å². The van der Waals surface area contributed by atoms with Crippen LogP contribution in [-0.4, -0.2) is 31.7 Å². The highest BCUT2D eigenvalue weighted by Crippen LogP contribution is 2.29. The number of halogens is 2. The summed E-state index contributed by atoms with van der Waals surface area (Å²) in [5.41, 5.74) is 4.79. The summed E-state index contributed by atoms with van der Waals surface area (Å²) in [4.78, 5) is 26.5. The van der Waals surface area contributed by atoms with Crippen molar-refractivity contribution in [1.82, 2.24) is 5.43 Å². The molecule has 0 spiro atoms. The number of nitrogens with one attached hydrogen (secondary N) is 1. The Labute approximate surface area is 210 Å². The highest BCUT2D eigenvalue weighted by atomic mass is 79.9. The van der Waals surface area contributed by atoms with E-state index in [2.05, 4.69) is 26.5 Å². The maximum atomic E-state index is 13.1. The van der Waals surface area contributed by atoms with Crippen LogP contribution >= 0.6 is 15.9 Å². The van der Waals surface area contributed by atoms with Crippen molar-refractivity contribution in [1.29, 1.82) is 0 Å². The molecule has 180 valence electrons. The first-order valence-corrected chi connectivity index (χ1v) is 11.7. The van der Waals surface area contributed by atoms with E-state index in [1.165, 1.54) is 25.5 Å². The second-order valence-electron chi connectivity index (χ2n) is 7.94. The fourth-order valence-electron chi connectivity index (χ4n) is 3.64. The molecule has 7 nitrogen and oxygen atoms in total. The first-order valence-electron chi connectivity index (χ1n) is 10.9. The third-order valence-corrected chi connectivity index (χ3v) is 6.05. The molecule has 4 rings (SSSR count). The maximum absolute atomic E-state index is 13.1. The predicted molar refractivity (Wildman–Crippen MR) is 134 cm³/mol. The molecule has 9 heteroatoms. The Bertz CT molecular complexity index is 1230. The Morgan fingerprint density at radius 1 is 1.14 bits per heavy atom. The van der Waals surface area contributed by atoms with Gasteiger partial charge in [-0.05, 0) is 65.7 Å². The van der Waals surface area contributed by atoms with E-state index in [1.54, 1.807) is 35.2 Å². The van der Waals surface area contributed by atoms with Crippen molar-refractivity contribution in [3.63, 3.8) is 0 Å². The van der Waals surface area contributed by atoms with Crippen molar-refractivity contribution >= 4 is 39.6 Å². The first kappa shape index (κ1) is 24.4. The number of carbonyl (C=O) groups excluding carboxylic acids is 2. The quantitative estimate of drug-likeness (QED) is 0.333. The van der Waals surface area contributed by atoms with E-state index in [-0.39, 0.29) is 30.7 Å². The van der Waals surface area contributed by atoms with Crippen molar-refractivity contribution in [2.24, 2.45) is 11.0 Å². The van der Waals surface area contributed by atoms with Crippen LogP contribution in [0.1, 0.15) is 17.5 Å². The summed E-state index contributed by atoms with van der Waals surface area (Å²) in [6.45, 7) is 0.563. The van der Waals surface area contributed by atoms with Crippen LogP contribution in [-0.2, 0) is 16.2 Å². The second-order valence-corrected chi connectivity index (χ2v) is 8.86. The molecule has 0 radical (unpaired) electrons. The van der Waals surface area contributed by atoms with Gasteiger partial charge in [-0.1, -0.05) is 28.1 Å². The Morgan fingerprint density at radius 2 is 1.89 bits per heavy atom. The fraction of sp³-hybridized carbons (Fsp3) is 0.192. The number of hydrogen-bond donors (Lipinski definition) is 1. The molecule has 3 aromatic rings. The van der Waals surface area contributed by atoms with Crippen LogP contribution in [0.2, 0.25) is 0 Å². The van der Waals surface area contributed by atoms with Crippen molar-refractivity contribution in [2.45, 2.75) is 13.0 Å². The maximum Gasteiger partial charge on any atom is 0.245 e. The SMILES string of the molecule is COc1cc(/C=N\NC(=O)[C@H]2CC(=O)N(c3ccc(Br)cc3)C2)ccc1OCc1ccc(F)cc1. The number of ether oxygens (including phenoxy) is 2. The summed E-state index contributed by atoms with van der Waals surface area (Å²) >= 11 is 3.37. The number of carbonyl (C=O) groups is 2. The Morgan fingerprint density at radius 3 is 2.60 bits per heavy atom. The van der Waals surface area contributed by atoms with Crippen LogP contribution in [0.15, 0.2) is 76.3 Å². The van der Waals surface area contributed by atoms with Gasteiger partial charge in [0.1, 0.15) is 12.4 Å². The largest absolute Gasteiger partial charge is 0.493 e. The van der Waals surface area contributed by atoms with E-state index in [4.69, 9.17) is 9.47 Å². The Balaban J connectivity index is 1.33. The van der Waals surface area contributed by atoms with Gasteiger partial charge in [0.25, 0.3) is 0 Å². The molecular weight excluding hydrogens is 517 g/mol. The third-order valence-electron chi connectivity index (χ3n) is 5.52. The summed E-state index contributed by atoms with van der Waals surface area (Å²) < 4.78 is 25.1. The van der Waals surface area contributed by atoms with Crippen LogP contribution in [0.5, 0.6) is 11.5 Å². The number of amides is 2. The van der Waals surface area contributed by atoms with Gasteiger partial charge in [0, 0.05) is 23.1 Å². The first-order chi connectivity index (χ1) is 16.9. The van der Waals surface area contributed by atoms with Gasteiger partial charge in [-0.15, -0.1) is 0 Å². The van der Waals surface area contributed by atoms with Crippen LogP contribution in [0, 0.1) is 11.7 Å². The van der Waals surface area contributed by atoms with Crippen molar-refractivity contribution in [2.75, 3.05) is 18.6 Å². The van der Waals surface area contributed by atoms with Gasteiger partial charge in [0.2, 0.25) is 11.8 Å². The number of benzene rings is 3. The van der Waals surface area contributed by atoms with E-state index in [9.17, 15) is 14.0 Å². The lowest BCUT2D eigenvalue weighted by molar-refractivity contribution is -0.126. The zero-order chi connectivity index (χ0) is 24.8. The highest BCUT2D eigenvalue weighted by Gasteiger charge is 2.35. The predicted octanol–water partition coefficient (Wildman–Crippen LogP) is 4.68. The molecule has 0 aliphatic carbocycles. The van der Waals surface area contributed by atoms with Crippen LogP contribution in [0.3, 0.4) is 0 Å². The zero-order valence-electron chi connectivity index (χ0n) is 18.9. The molecule has 0 saturated carbocycles. The fourth-order valence-corrected chi connectivity index (χ4v) is 3.91. The lowest BCUT2D eigenvalue weighted by Crippen LogP contribution is -2.30. The average molecular weight is 540 g/mol. The van der Waals surface area contributed by atoms with Gasteiger partial charge in [-0.2, -0.15) is 5.10 Å². The number of rotatable bonds is 8. The molecule has 0 aromatic heterocycles. The molecule has 2 amide bonds. The smallest absolute Gasteiger partial charge is 0.245 e. The summed E-state index contributed by atoms with van der Waals surface area (Å²) in [6, 6.07) is 18.7. The van der Waals surface area contributed by atoms with E-state index >= 15 is 0 Å². The number of hydrazone groups is 1. The molecule has 1 saturated heterocycles. The number of hydrogen-bond acceptors (Lipinski definition) is 5. The Kier molecular flexibility index (Phi) is 7.77. The summed E-state index contributed by atoms with van der Waals surface area (Å²) in [5, 5.41) is 4.03. The number of anilines is 1. The number of nitrogens with zero attached hydrogens (tertiary/aromatic N) is 2. The lowest BCUT2D eigenvalue weighted by Gasteiger charge is -2.16. The van der Waals surface area contributed by atoms with E-state index in [0.717, 1.165) is 15.7 Å². The minimum atomic E-state index is -0.486. The van der Waals surface area contributed by atoms with Crippen molar-refractivity contribution < 1.29 is 23.5 Å². The summed E-state index contributed by atoms with van der Waals surface area (Å²) in [6.07, 6.45) is 1.62. The second kappa shape index (κ2) is 11.1. The van der Waals surface area contributed by atoms with Crippen molar-refractivity contribution in [3.8, 4) is 11.5 Å². The van der Waals surface area contributed by atoms with E-state index in [1.807, 2.05) is 24.3 Å². The van der Waals surface area contributed by atoms with Crippen LogP contribution < -0.4 is 19.8 Å². The van der Waals surface area contributed by atoms with Gasteiger partial charge < -0.3 is 14.4 Å². The zero-order valence-corrected chi connectivity index (χ0v) is 20.5. The van der Waals surface area contributed by atoms with Gasteiger partial charge in [-0.3, -0.25) is 9.59 Å². The molecule has 35 heavy (non-hydrogen) atoms. The molecule has 1 N–H and O–H groups in total. The lowest BCUT2D eigenvalue weighted by atomic mass is 10.1. The average Bonchev–Trinajstić information content (AvgIpc) is 3.26. The van der Waals surface area contributed by atoms with Gasteiger partial charge in [0.15, 0.2) is 11.5 Å². The third kappa shape index (κ3) is 6.24. The molecule has 1 aliphatic heterocycles. The van der Waals surface area contributed by atoms with E-state index < -0.39 is 5.92 Å². The molecule has 1 fully saturated rings. The molecular formula is C26H23BrFN3O4. The van der Waals surface area contributed by atoms with Crippen molar-refractivity contribution in [3.05, 3.63) is 88.1 Å². The molecule has 1 aliphatic rings. The summed E-state index contributed by atoms with van der Waals surface area (Å²) in [7, 11) is 1.52.